The van der Waals surface area contributed by atoms with Gasteiger partial charge in [0.05, 0.1) is 0 Å². The minimum absolute atomic E-state index is 0.298. The molecule has 0 aliphatic heterocycles. The van der Waals surface area contributed by atoms with Gasteiger partial charge in [-0.2, -0.15) is 11.8 Å². The molecule has 1 unspecified atom stereocenters. The van der Waals surface area contributed by atoms with Crippen molar-refractivity contribution in [2.24, 2.45) is 5.92 Å². The molecule has 0 aliphatic rings. The van der Waals surface area contributed by atoms with Gasteiger partial charge in [0.1, 0.15) is 0 Å². The topological polar surface area (TPSA) is 27.7 Å². The van der Waals surface area contributed by atoms with Crippen LogP contribution in [0.5, 0.6) is 0 Å². The van der Waals surface area contributed by atoms with Gasteiger partial charge in [0.2, 0.25) is 0 Å². The van der Waals surface area contributed by atoms with E-state index in [9.17, 15) is 0 Å². The van der Waals surface area contributed by atoms with Crippen LogP contribution in [0.15, 0.2) is 0 Å². The van der Waals surface area contributed by atoms with Crippen molar-refractivity contribution >= 4 is 11.8 Å². The molecule has 1 atom stereocenters. The van der Waals surface area contributed by atoms with Crippen molar-refractivity contribution in [2.45, 2.75) is 142 Å². The van der Waals surface area contributed by atoms with Gasteiger partial charge in [-0.15, -0.1) is 0 Å². The summed E-state index contributed by atoms with van der Waals surface area (Å²) >= 11 is 2.12. The maximum atomic E-state index is 5.71. The molecule has 32 heavy (non-hydrogen) atoms. The van der Waals surface area contributed by atoms with Gasteiger partial charge in [0.25, 0.3) is 5.97 Å². The fraction of sp³-hybridized carbons (Fsp3) is 1.00. The smallest absolute Gasteiger partial charge is 0.285 e. The summed E-state index contributed by atoms with van der Waals surface area (Å²) in [6.45, 7) is 4.56. The SMILES string of the molecule is CCCCCCCCCCCCSCCCC(CCCCCCCC)C(OC)(OC)OC. The monoisotopic (exact) mass is 474 g/mol. The van der Waals surface area contributed by atoms with E-state index in [1.807, 2.05) is 0 Å². The number of hydrogen-bond acceptors (Lipinski definition) is 4. The Morgan fingerprint density at radius 2 is 0.875 bits per heavy atom. The number of methoxy groups -OCH3 is 3. The van der Waals surface area contributed by atoms with Gasteiger partial charge in [0, 0.05) is 27.2 Å². The highest BCUT2D eigenvalue weighted by Gasteiger charge is 2.39. The number of thioether (sulfide) groups is 1. The molecule has 0 radical (unpaired) electrons. The minimum Gasteiger partial charge on any atom is -0.331 e. The third-order valence-corrected chi connectivity index (χ3v) is 7.90. The summed E-state index contributed by atoms with van der Waals surface area (Å²) in [7, 11) is 5.13. The van der Waals surface area contributed by atoms with Gasteiger partial charge >= 0.3 is 0 Å². The quantitative estimate of drug-likeness (QED) is 0.0921. The summed E-state index contributed by atoms with van der Waals surface area (Å²) in [5.74, 6) is 1.96. The van der Waals surface area contributed by atoms with Crippen molar-refractivity contribution in [1.29, 1.82) is 0 Å². The molecule has 0 bridgehead atoms. The lowest BCUT2D eigenvalue weighted by Crippen LogP contribution is -2.44. The first kappa shape index (κ1) is 32.2. The van der Waals surface area contributed by atoms with E-state index in [0.717, 1.165) is 12.8 Å². The molecule has 0 saturated carbocycles. The highest BCUT2D eigenvalue weighted by molar-refractivity contribution is 7.99. The molecule has 4 heteroatoms. The molecule has 0 rings (SSSR count). The molecule has 0 aromatic rings. The maximum absolute atomic E-state index is 5.71. The van der Waals surface area contributed by atoms with Crippen LogP contribution in [0.25, 0.3) is 0 Å². The molecule has 0 fully saturated rings. The molecule has 0 N–H and O–H groups in total. The van der Waals surface area contributed by atoms with Crippen LogP contribution < -0.4 is 0 Å². The summed E-state index contributed by atoms with van der Waals surface area (Å²) in [6.07, 6.45) is 25.5. The van der Waals surface area contributed by atoms with Crippen LogP contribution in [-0.2, 0) is 14.2 Å². The van der Waals surface area contributed by atoms with E-state index in [1.165, 1.54) is 121 Å². The Labute approximate surface area is 206 Å². The van der Waals surface area contributed by atoms with Gasteiger partial charge in [-0.25, -0.2) is 0 Å². The van der Waals surface area contributed by atoms with Crippen molar-refractivity contribution < 1.29 is 14.2 Å². The largest absolute Gasteiger partial charge is 0.331 e. The van der Waals surface area contributed by atoms with Crippen LogP contribution in [0.2, 0.25) is 0 Å². The fourth-order valence-electron chi connectivity index (χ4n) is 4.64. The number of rotatable bonds is 26. The van der Waals surface area contributed by atoms with Crippen molar-refractivity contribution in [3.05, 3.63) is 0 Å². The average molecular weight is 475 g/mol. The molecule has 0 saturated heterocycles. The lowest BCUT2D eigenvalue weighted by Gasteiger charge is -2.36. The Morgan fingerprint density at radius 1 is 0.500 bits per heavy atom. The standard InChI is InChI=1S/C28H58O3S/c1-6-8-10-12-14-15-16-17-19-21-25-32-26-22-24-27(28(29-3,30-4)31-5)23-20-18-13-11-9-7-2/h27H,6-26H2,1-5H3. The molecule has 194 valence electrons. The van der Waals surface area contributed by atoms with Gasteiger partial charge in [-0.05, 0) is 37.2 Å². The third-order valence-electron chi connectivity index (χ3n) is 6.74. The number of ether oxygens (including phenoxy) is 3. The van der Waals surface area contributed by atoms with E-state index in [-0.39, 0.29) is 0 Å². The van der Waals surface area contributed by atoms with Crippen molar-refractivity contribution in [3.8, 4) is 0 Å². The van der Waals surface area contributed by atoms with Crippen molar-refractivity contribution in [2.75, 3.05) is 32.8 Å². The van der Waals surface area contributed by atoms with Crippen LogP contribution in [0.4, 0.5) is 0 Å². The van der Waals surface area contributed by atoms with E-state index in [1.54, 1.807) is 21.3 Å². The van der Waals surface area contributed by atoms with E-state index < -0.39 is 5.97 Å². The molecule has 0 aliphatic carbocycles. The predicted octanol–water partition coefficient (Wildman–Crippen LogP) is 9.38. The molecule has 0 aromatic carbocycles. The molecule has 0 amide bonds. The first-order valence-corrected chi connectivity index (χ1v) is 15.1. The summed E-state index contributed by atoms with van der Waals surface area (Å²) in [5, 5.41) is 0. The lowest BCUT2D eigenvalue weighted by atomic mass is 9.93. The second-order valence-corrected chi connectivity index (χ2v) is 10.6. The Bertz CT molecular complexity index is 352. The molecule has 0 heterocycles. The molecule has 3 nitrogen and oxygen atoms in total. The second kappa shape index (κ2) is 24.4. The number of unbranched alkanes of at least 4 members (excludes halogenated alkanes) is 14. The van der Waals surface area contributed by atoms with Gasteiger partial charge in [-0.1, -0.05) is 110 Å². The van der Waals surface area contributed by atoms with Gasteiger partial charge in [0.15, 0.2) is 0 Å². The summed E-state index contributed by atoms with van der Waals surface area (Å²) in [4.78, 5) is 0. The Kier molecular flexibility index (Phi) is 24.5. The van der Waals surface area contributed by atoms with E-state index in [0.29, 0.717) is 5.92 Å². The van der Waals surface area contributed by atoms with Crippen LogP contribution in [-0.4, -0.2) is 38.8 Å². The number of hydrogen-bond donors (Lipinski definition) is 0. The molecule has 0 aromatic heterocycles. The molecular weight excluding hydrogens is 416 g/mol. The maximum Gasteiger partial charge on any atom is 0.285 e. The van der Waals surface area contributed by atoms with Gasteiger partial charge in [-0.3, -0.25) is 0 Å². The lowest BCUT2D eigenvalue weighted by molar-refractivity contribution is -0.380. The summed E-state index contributed by atoms with van der Waals surface area (Å²) < 4.78 is 17.1. The zero-order chi connectivity index (χ0) is 23.8. The first-order chi connectivity index (χ1) is 15.7. The van der Waals surface area contributed by atoms with E-state index in [2.05, 4.69) is 25.6 Å². The van der Waals surface area contributed by atoms with Gasteiger partial charge < -0.3 is 14.2 Å². The average Bonchev–Trinajstić information content (AvgIpc) is 2.82. The zero-order valence-corrected chi connectivity index (χ0v) is 23.4. The summed E-state index contributed by atoms with van der Waals surface area (Å²) in [5.41, 5.74) is 0. The third kappa shape index (κ3) is 16.8. The van der Waals surface area contributed by atoms with E-state index in [4.69, 9.17) is 14.2 Å². The van der Waals surface area contributed by atoms with E-state index >= 15 is 0 Å². The highest BCUT2D eigenvalue weighted by atomic mass is 32.2. The van der Waals surface area contributed by atoms with Crippen LogP contribution in [0.1, 0.15) is 136 Å². The van der Waals surface area contributed by atoms with Crippen molar-refractivity contribution in [3.63, 3.8) is 0 Å². The highest BCUT2D eigenvalue weighted by Crippen LogP contribution is 2.32. The second-order valence-electron chi connectivity index (χ2n) is 9.41. The fourth-order valence-corrected chi connectivity index (χ4v) is 5.63. The van der Waals surface area contributed by atoms with Crippen LogP contribution in [0, 0.1) is 5.92 Å². The molecular formula is C28H58O3S. The van der Waals surface area contributed by atoms with Crippen molar-refractivity contribution in [1.82, 2.24) is 0 Å². The Balaban J connectivity index is 3.91. The predicted molar refractivity (Wildman–Crippen MR) is 144 cm³/mol. The molecule has 0 spiro atoms. The Hall–Kier alpha value is 0.230. The van der Waals surface area contributed by atoms with Crippen LogP contribution >= 0.6 is 11.8 Å². The Morgan fingerprint density at radius 3 is 1.34 bits per heavy atom. The van der Waals surface area contributed by atoms with Crippen LogP contribution in [0.3, 0.4) is 0 Å². The minimum atomic E-state index is -0.884. The zero-order valence-electron chi connectivity index (χ0n) is 22.6. The normalized spacial score (nSPS) is 13.0. The first-order valence-electron chi connectivity index (χ1n) is 13.9. The summed E-state index contributed by atoms with van der Waals surface area (Å²) in [6, 6.07) is 0.